The minimum atomic E-state index is 0.0204. The van der Waals surface area contributed by atoms with Gasteiger partial charge in [-0.1, -0.05) is 13.8 Å². The molecule has 0 aliphatic rings. The molecule has 0 saturated heterocycles. The van der Waals surface area contributed by atoms with Crippen LogP contribution in [-0.4, -0.2) is 20.9 Å². The smallest absolute Gasteiger partial charge is 0.224 e. The van der Waals surface area contributed by atoms with Gasteiger partial charge in [-0.3, -0.25) is 4.79 Å². The summed E-state index contributed by atoms with van der Waals surface area (Å²) >= 11 is 0. The summed E-state index contributed by atoms with van der Waals surface area (Å²) in [5.41, 5.74) is 2.75. The molecule has 0 bridgehead atoms. The lowest BCUT2D eigenvalue weighted by Gasteiger charge is -2.10. The van der Waals surface area contributed by atoms with Crippen LogP contribution in [0.4, 0.5) is 28.8 Å². The van der Waals surface area contributed by atoms with Gasteiger partial charge in [-0.15, -0.1) is 0 Å². The van der Waals surface area contributed by atoms with E-state index >= 15 is 0 Å². The maximum Gasteiger partial charge on any atom is 0.224 e. The molecule has 7 nitrogen and oxygen atoms in total. The Morgan fingerprint density at radius 3 is 2.21 bits per heavy atom. The number of aromatic nitrogens is 3. The molecule has 0 fully saturated rings. The summed E-state index contributed by atoms with van der Waals surface area (Å²) in [5, 5.41) is 9.29. The van der Waals surface area contributed by atoms with Crippen molar-refractivity contribution in [3.05, 3.63) is 60.6 Å². The van der Waals surface area contributed by atoms with Gasteiger partial charge in [-0.2, -0.15) is 0 Å². The number of benzene rings is 1. The van der Waals surface area contributed by atoms with E-state index in [1.165, 1.54) is 6.33 Å². The Hall–Kier alpha value is -3.48. The Balaban J connectivity index is 1.63. The topological polar surface area (TPSA) is 91.8 Å². The van der Waals surface area contributed by atoms with Gasteiger partial charge in [0.2, 0.25) is 5.91 Å². The molecule has 3 rings (SSSR count). The molecule has 0 unspecified atom stereocenters. The molecule has 28 heavy (non-hydrogen) atoms. The maximum absolute atomic E-state index is 11.9. The summed E-state index contributed by atoms with van der Waals surface area (Å²) in [6.07, 6.45) is 3.74. The lowest BCUT2D eigenvalue weighted by atomic mass is 10.1. The Bertz CT molecular complexity index is 940. The highest BCUT2D eigenvalue weighted by Gasteiger charge is 2.06. The molecule has 0 radical (unpaired) electrons. The second-order valence-corrected chi connectivity index (χ2v) is 6.98. The van der Waals surface area contributed by atoms with Crippen LogP contribution in [0.3, 0.4) is 0 Å². The normalized spacial score (nSPS) is 10.6. The third-order valence-electron chi connectivity index (χ3n) is 3.87. The molecule has 0 aliphatic heterocycles. The summed E-state index contributed by atoms with van der Waals surface area (Å²) in [7, 11) is 0. The number of pyridine rings is 1. The average molecular weight is 376 g/mol. The third kappa shape index (κ3) is 5.77. The number of hydrogen-bond donors (Lipinski definition) is 3. The number of hydrogen-bond acceptors (Lipinski definition) is 6. The number of anilines is 5. The molecule has 2 aromatic heterocycles. The average Bonchev–Trinajstić information content (AvgIpc) is 2.63. The van der Waals surface area contributed by atoms with Crippen molar-refractivity contribution < 1.29 is 4.79 Å². The van der Waals surface area contributed by atoms with Gasteiger partial charge >= 0.3 is 0 Å². The highest BCUT2D eigenvalue weighted by Crippen LogP contribution is 2.20. The summed E-state index contributed by atoms with van der Waals surface area (Å²) in [6, 6.07) is 13.2. The number of amides is 1. The SMILES string of the molecule is Cc1ccnc(Nc2cc(Nc3ccc(NC(=O)CC(C)C)cc3)ncn2)c1. The van der Waals surface area contributed by atoms with Crippen LogP contribution in [0.15, 0.2) is 55.0 Å². The maximum atomic E-state index is 11.9. The van der Waals surface area contributed by atoms with E-state index in [0.29, 0.717) is 24.0 Å². The van der Waals surface area contributed by atoms with Crippen molar-refractivity contribution in [2.24, 2.45) is 5.92 Å². The fraction of sp³-hybridized carbons (Fsp3) is 0.238. The first-order chi connectivity index (χ1) is 13.5. The lowest BCUT2D eigenvalue weighted by Crippen LogP contribution is -2.13. The molecular weight excluding hydrogens is 352 g/mol. The van der Waals surface area contributed by atoms with Crippen LogP contribution in [0.2, 0.25) is 0 Å². The van der Waals surface area contributed by atoms with E-state index in [9.17, 15) is 4.79 Å². The summed E-state index contributed by atoms with van der Waals surface area (Å²) in [5.74, 6) is 2.38. The van der Waals surface area contributed by atoms with E-state index in [4.69, 9.17) is 0 Å². The van der Waals surface area contributed by atoms with E-state index in [1.54, 1.807) is 6.20 Å². The van der Waals surface area contributed by atoms with E-state index in [-0.39, 0.29) is 5.91 Å². The van der Waals surface area contributed by atoms with Crippen molar-refractivity contribution in [2.45, 2.75) is 27.2 Å². The lowest BCUT2D eigenvalue weighted by molar-refractivity contribution is -0.116. The van der Waals surface area contributed by atoms with Crippen molar-refractivity contribution in [3.8, 4) is 0 Å². The molecule has 7 heteroatoms. The van der Waals surface area contributed by atoms with E-state index < -0.39 is 0 Å². The predicted octanol–water partition coefficient (Wildman–Crippen LogP) is 4.65. The summed E-state index contributed by atoms with van der Waals surface area (Å²) < 4.78 is 0. The number of nitrogens with zero attached hydrogens (tertiary/aromatic N) is 3. The number of nitrogens with one attached hydrogen (secondary N) is 3. The first-order valence-electron chi connectivity index (χ1n) is 9.16. The molecule has 0 spiro atoms. The zero-order valence-corrected chi connectivity index (χ0v) is 16.2. The van der Waals surface area contributed by atoms with Crippen LogP contribution < -0.4 is 16.0 Å². The second kappa shape index (κ2) is 8.94. The van der Waals surface area contributed by atoms with E-state index in [1.807, 2.05) is 63.2 Å². The van der Waals surface area contributed by atoms with Gasteiger partial charge < -0.3 is 16.0 Å². The van der Waals surface area contributed by atoms with Gasteiger partial charge in [-0.25, -0.2) is 15.0 Å². The van der Waals surface area contributed by atoms with E-state index in [2.05, 4.69) is 30.9 Å². The number of rotatable bonds is 7. The molecule has 3 aromatic rings. The quantitative estimate of drug-likeness (QED) is 0.556. The van der Waals surface area contributed by atoms with Gasteiger partial charge in [0.05, 0.1) is 0 Å². The molecule has 0 aliphatic carbocycles. The zero-order chi connectivity index (χ0) is 19.9. The van der Waals surface area contributed by atoms with Gasteiger partial charge in [-0.05, 0) is 54.8 Å². The summed E-state index contributed by atoms with van der Waals surface area (Å²) in [6.45, 7) is 6.05. The molecule has 2 heterocycles. The fourth-order valence-corrected chi connectivity index (χ4v) is 2.60. The Morgan fingerprint density at radius 2 is 1.54 bits per heavy atom. The molecule has 0 saturated carbocycles. The molecule has 1 amide bonds. The van der Waals surface area contributed by atoms with Crippen molar-refractivity contribution in [3.63, 3.8) is 0 Å². The van der Waals surface area contributed by atoms with Crippen LogP contribution >= 0.6 is 0 Å². The number of aryl methyl sites for hydroxylation is 1. The standard InChI is InChI=1S/C21H24N6O/c1-14(2)10-21(28)26-17-6-4-16(5-7-17)25-19-12-20(24-13-23-19)27-18-11-15(3)8-9-22-18/h4-9,11-14H,10H2,1-3H3,(H,26,28)(H2,22,23,24,25,27). The molecule has 1 aromatic carbocycles. The highest BCUT2D eigenvalue weighted by molar-refractivity contribution is 5.91. The monoisotopic (exact) mass is 376 g/mol. The van der Waals surface area contributed by atoms with Crippen molar-refractivity contribution in [1.29, 1.82) is 0 Å². The van der Waals surface area contributed by atoms with Crippen LogP contribution in [0.5, 0.6) is 0 Å². The molecular formula is C21H24N6O. The van der Waals surface area contributed by atoms with Crippen molar-refractivity contribution in [1.82, 2.24) is 15.0 Å². The van der Waals surface area contributed by atoms with Gasteiger partial charge in [0.1, 0.15) is 23.8 Å². The van der Waals surface area contributed by atoms with Gasteiger partial charge in [0.15, 0.2) is 0 Å². The van der Waals surface area contributed by atoms with Crippen LogP contribution in [0.1, 0.15) is 25.8 Å². The Kier molecular flexibility index (Phi) is 6.16. The fourth-order valence-electron chi connectivity index (χ4n) is 2.60. The Labute approximate surface area is 164 Å². The van der Waals surface area contributed by atoms with Gasteiger partial charge in [0, 0.05) is 30.1 Å². The zero-order valence-electron chi connectivity index (χ0n) is 16.2. The van der Waals surface area contributed by atoms with E-state index in [0.717, 1.165) is 22.8 Å². The number of carbonyl (C=O) groups is 1. The first kappa shape index (κ1) is 19.3. The van der Waals surface area contributed by atoms with Crippen LogP contribution in [0, 0.1) is 12.8 Å². The summed E-state index contributed by atoms with van der Waals surface area (Å²) in [4.78, 5) is 24.6. The molecule has 144 valence electrons. The van der Waals surface area contributed by atoms with Crippen molar-refractivity contribution in [2.75, 3.05) is 16.0 Å². The first-order valence-corrected chi connectivity index (χ1v) is 9.16. The third-order valence-corrected chi connectivity index (χ3v) is 3.87. The highest BCUT2D eigenvalue weighted by atomic mass is 16.1. The largest absolute Gasteiger partial charge is 0.340 e. The minimum absolute atomic E-state index is 0.0204. The Morgan fingerprint density at radius 1 is 0.893 bits per heavy atom. The van der Waals surface area contributed by atoms with Crippen LogP contribution in [-0.2, 0) is 4.79 Å². The predicted molar refractivity (Wildman–Crippen MR) is 112 cm³/mol. The molecule has 0 atom stereocenters. The molecule has 3 N–H and O–H groups in total. The number of carbonyl (C=O) groups excluding carboxylic acids is 1. The van der Waals surface area contributed by atoms with Crippen LogP contribution in [0.25, 0.3) is 0 Å². The second-order valence-electron chi connectivity index (χ2n) is 6.98. The minimum Gasteiger partial charge on any atom is -0.340 e. The van der Waals surface area contributed by atoms with Gasteiger partial charge in [0.25, 0.3) is 0 Å². The van der Waals surface area contributed by atoms with Crippen molar-refractivity contribution >= 4 is 34.7 Å².